The number of carboxylic acids is 1. The lowest BCUT2D eigenvalue weighted by Gasteiger charge is -2.33. The first kappa shape index (κ1) is 15.3. The summed E-state index contributed by atoms with van der Waals surface area (Å²) < 4.78 is 0. The van der Waals surface area contributed by atoms with Crippen LogP contribution in [0.5, 0.6) is 0 Å². The van der Waals surface area contributed by atoms with E-state index >= 15 is 0 Å². The third-order valence-electron chi connectivity index (χ3n) is 2.96. The minimum Gasteiger partial charge on any atom is -0.481 e. The van der Waals surface area contributed by atoms with Crippen LogP contribution in [0.4, 0.5) is 5.13 Å². The maximum atomic E-state index is 11.0. The van der Waals surface area contributed by atoms with E-state index in [1.54, 1.807) is 11.8 Å². The Labute approximate surface area is 125 Å². The predicted molar refractivity (Wildman–Crippen MR) is 80.2 cm³/mol. The number of carbonyl (C=O) groups excluding carboxylic acids is 1. The first-order valence-electron chi connectivity index (χ1n) is 6.30. The fraction of sp³-hybridized carbons (Fsp3) is 0.583. The molecule has 2 heterocycles. The SMILES string of the molecule is CC(=O)Nc1nc(CN2CCSCC2CC(=O)O)cs1. The topological polar surface area (TPSA) is 82.5 Å². The summed E-state index contributed by atoms with van der Waals surface area (Å²) in [6.07, 6.45) is 0.162. The van der Waals surface area contributed by atoms with Gasteiger partial charge in [-0.2, -0.15) is 11.8 Å². The molecular weight excluding hydrogens is 298 g/mol. The van der Waals surface area contributed by atoms with Crippen LogP contribution in [0.25, 0.3) is 0 Å². The molecule has 1 fully saturated rings. The Morgan fingerprint density at radius 3 is 3.10 bits per heavy atom. The van der Waals surface area contributed by atoms with Gasteiger partial charge in [-0.15, -0.1) is 11.3 Å². The number of aliphatic carboxylic acids is 1. The largest absolute Gasteiger partial charge is 0.481 e. The number of aromatic nitrogens is 1. The van der Waals surface area contributed by atoms with Gasteiger partial charge in [0.05, 0.1) is 12.1 Å². The van der Waals surface area contributed by atoms with Crippen molar-refractivity contribution < 1.29 is 14.7 Å². The van der Waals surface area contributed by atoms with Gasteiger partial charge >= 0.3 is 5.97 Å². The quantitative estimate of drug-likeness (QED) is 0.857. The van der Waals surface area contributed by atoms with Crippen LogP contribution in [0, 0.1) is 0 Å². The molecule has 1 aromatic heterocycles. The molecule has 2 N–H and O–H groups in total. The van der Waals surface area contributed by atoms with Crippen LogP contribution in [0.15, 0.2) is 5.38 Å². The number of carbonyl (C=O) groups is 2. The number of thioether (sulfide) groups is 1. The van der Waals surface area contributed by atoms with E-state index in [0.717, 1.165) is 23.7 Å². The number of carboxylic acid groups (broad SMARTS) is 1. The van der Waals surface area contributed by atoms with Crippen LogP contribution in [0.2, 0.25) is 0 Å². The monoisotopic (exact) mass is 315 g/mol. The van der Waals surface area contributed by atoms with Gasteiger partial charge in [0, 0.05) is 42.9 Å². The summed E-state index contributed by atoms with van der Waals surface area (Å²) in [6, 6.07) is 0.0529. The summed E-state index contributed by atoms with van der Waals surface area (Å²) in [7, 11) is 0. The van der Waals surface area contributed by atoms with E-state index in [4.69, 9.17) is 5.11 Å². The number of amides is 1. The van der Waals surface area contributed by atoms with Crippen molar-refractivity contribution in [3.63, 3.8) is 0 Å². The van der Waals surface area contributed by atoms with Crippen molar-refractivity contribution in [1.29, 1.82) is 0 Å². The number of rotatable bonds is 5. The highest BCUT2D eigenvalue weighted by molar-refractivity contribution is 7.99. The molecule has 6 nitrogen and oxygen atoms in total. The second kappa shape index (κ2) is 7.05. The van der Waals surface area contributed by atoms with Crippen LogP contribution in [0.3, 0.4) is 0 Å². The first-order chi connectivity index (χ1) is 9.54. The molecule has 8 heteroatoms. The molecule has 0 spiro atoms. The fourth-order valence-electron chi connectivity index (χ4n) is 2.08. The molecular formula is C12H17N3O3S2. The Bertz CT molecular complexity index is 492. The lowest BCUT2D eigenvalue weighted by atomic mass is 10.2. The van der Waals surface area contributed by atoms with Crippen molar-refractivity contribution in [2.24, 2.45) is 0 Å². The zero-order valence-electron chi connectivity index (χ0n) is 11.2. The third kappa shape index (κ3) is 4.46. The average molecular weight is 315 g/mol. The van der Waals surface area contributed by atoms with Gasteiger partial charge in [-0.1, -0.05) is 0 Å². The van der Waals surface area contributed by atoms with Gasteiger partial charge < -0.3 is 10.4 Å². The van der Waals surface area contributed by atoms with E-state index in [2.05, 4.69) is 15.2 Å². The molecule has 2 rings (SSSR count). The van der Waals surface area contributed by atoms with Crippen molar-refractivity contribution in [2.45, 2.75) is 25.9 Å². The van der Waals surface area contributed by atoms with E-state index in [1.807, 2.05) is 5.38 Å². The van der Waals surface area contributed by atoms with E-state index in [-0.39, 0.29) is 18.4 Å². The van der Waals surface area contributed by atoms with Crippen molar-refractivity contribution in [2.75, 3.05) is 23.4 Å². The number of nitrogens with one attached hydrogen (secondary N) is 1. The standard InChI is InChI=1S/C12H17N3O3S2/c1-8(16)13-12-14-9(6-20-12)5-15-2-3-19-7-10(15)4-11(17)18/h6,10H,2-5,7H2,1H3,(H,17,18)(H,13,14,16). The summed E-state index contributed by atoms with van der Waals surface area (Å²) >= 11 is 3.18. The van der Waals surface area contributed by atoms with Crippen LogP contribution in [-0.4, -0.2) is 51.0 Å². The minimum atomic E-state index is -0.764. The van der Waals surface area contributed by atoms with Crippen molar-refractivity contribution in [1.82, 2.24) is 9.88 Å². The van der Waals surface area contributed by atoms with Crippen LogP contribution in [0.1, 0.15) is 19.0 Å². The van der Waals surface area contributed by atoms with Crippen LogP contribution < -0.4 is 5.32 Å². The van der Waals surface area contributed by atoms with Gasteiger partial charge in [0.25, 0.3) is 0 Å². The second-order valence-corrected chi connectivity index (χ2v) is 6.63. The third-order valence-corrected chi connectivity index (χ3v) is 4.86. The molecule has 0 aromatic carbocycles. The Hall–Kier alpha value is -1.12. The molecule has 0 aliphatic carbocycles. The Balaban J connectivity index is 1.97. The molecule has 1 saturated heterocycles. The number of nitrogens with zero attached hydrogens (tertiary/aromatic N) is 2. The lowest BCUT2D eigenvalue weighted by molar-refractivity contribution is -0.138. The van der Waals surface area contributed by atoms with Gasteiger partial charge in [-0.3, -0.25) is 14.5 Å². The maximum Gasteiger partial charge on any atom is 0.304 e. The van der Waals surface area contributed by atoms with E-state index in [9.17, 15) is 9.59 Å². The zero-order chi connectivity index (χ0) is 14.5. The van der Waals surface area contributed by atoms with Crippen LogP contribution in [-0.2, 0) is 16.1 Å². The highest BCUT2D eigenvalue weighted by Gasteiger charge is 2.25. The Kier molecular flexibility index (Phi) is 5.38. The number of hydrogen-bond acceptors (Lipinski definition) is 6. The van der Waals surface area contributed by atoms with E-state index < -0.39 is 5.97 Å². The summed E-state index contributed by atoms with van der Waals surface area (Å²) in [5.74, 6) is 0.956. The summed E-state index contributed by atoms with van der Waals surface area (Å²) in [4.78, 5) is 28.4. The summed E-state index contributed by atoms with van der Waals surface area (Å²) in [5, 5.41) is 14.1. The molecule has 1 atom stereocenters. The highest BCUT2D eigenvalue weighted by atomic mass is 32.2. The summed E-state index contributed by atoms with van der Waals surface area (Å²) in [5.41, 5.74) is 0.876. The predicted octanol–water partition coefficient (Wildman–Crippen LogP) is 1.49. The number of hydrogen-bond donors (Lipinski definition) is 2. The van der Waals surface area contributed by atoms with Gasteiger partial charge in [0.1, 0.15) is 0 Å². The molecule has 1 aliphatic heterocycles. The molecule has 1 aromatic rings. The molecule has 1 unspecified atom stereocenters. The van der Waals surface area contributed by atoms with Gasteiger partial charge in [-0.05, 0) is 0 Å². The summed E-state index contributed by atoms with van der Waals surface area (Å²) in [6.45, 7) is 2.95. The number of anilines is 1. The van der Waals surface area contributed by atoms with E-state index in [1.165, 1.54) is 18.3 Å². The van der Waals surface area contributed by atoms with Gasteiger partial charge in [0.15, 0.2) is 5.13 Å². The molecule has 0 saturated carbocycles. The van der Waals surface area contributed by atoms with Crippen molar-refractivity contribution in [3.8, 4) is 0 Å². The van der Waals surface area contributed by atoms with E-state index in [0.29, 0.717) is 11.7 Å². The minimum absolute atomic E-state index is 0.0529. The normalized spacial score (nSPS) is 19.8. The second-order valence-electron chi connectivity index (χ2n) is 4.62. The van der Waals surface area contributed by atoms with Crippen LogP contribution >= 0.6 is 23.1 Å². The van der Waals surface area contributed by atoms with Crippen molar-refractivity contribution in [3.05, 3.63) is 11.1 Å². The van der Waals surface area contributed by atoms with Crippen molar-refractivity contribution >= 4 is 40.1 Å². The Morgan fingerprint density at radius 2 is 2.40 bits per heavy atom. The molecule has 1 amide bonds. The molecule has 1 aliphatic rings. The van der Waals surface area contributed by atoms with Gasteiger partial charge in [-0.25, -0.2) is 4.98 Å². The molecule has 0 radical (unpaired) electrons. The zero-order valence-corrected chi connectivity index (χ0v) is 12.8. The first-order valence-corrected chi connectivity index (χ1v) is 8.33. The lowest BCUT2D eigenvalue weighted by Crippen LogP contribution is -2.43. The average Bonchev–Trinajstić information content (AvgIpc) is 2.77. The Morgan fingerprint density at radius 1 is 1.60 bits per heavy atom. The maximum absolute atomic E-state index is 11.0. The molecule has 110 valence electrons. The fourth-order valence-corrected chi connectivity index (χ4v) is 3.96. The number of thiazole rings is 1. The van der Waals surface area contributed by atoms with Gasteiger partial charge in [0.2, 0.25) is 5.91 Å². The molecule has 0 bridgehead atoms. The highest BCUT2D eigenvalue weighted by Crippen LogP contribution is 2.23. The molecule has 20 heavy (non-hydrogen) atoms. The smallest absolute Gasteiger partial charge is 0.304 e.